The molecule has 1 aromatic carbocycles. The second kappa shape index (κ2) is 7.48. The number of benzene rings is 1. The first kappa shape index (κ1) is 18.3. The molecule has 0 saturated heterocycles. The number of hydrogen-bond acceptors (Lipinski definition) is 7. The van der Waals surface area contributed by atoms with Crippen LogP contribution in [0.5, 0.6) is 11.5 Å². The van der Waals surface area contributed by atoms with Crippen molar-refractivity contribution in [2.75, 3.05) is 20.0 Å². The van der Waals surface area contributed by atoms with Crippen LogP contribution in [0.15, 0.2) is 23.2 Å². The SMILES string of the molecule is COc1ccc(C(=O)CSc2nc(C)nc3sc4c(c23)CCC4)cc1OC. The van der Waals surface area contributed by atoms with Crippen LogP contribution in [0.3, 0.4) is 0 Å². The van der Waals surface area contributed by atoms with Crippen molar-refractivity contribution in [3.05, 3.63) is 40.0 Å². The lowest BCUT2D eigenvalue weighted by Crippen LogP contribution is -2.04. The van der Waals surface area contributed by atoms with Gasteiger partial charge in [-0.25, -0.2) is 9.97 Å². The fourth-order valence-corrected chi connectivity index (χ4v) is 5.76. The third-order valence-corrected chi connectivity index (χ3v) is 6.85. The molecule has 2 aromatic heterocycles. The number of methoxy groups -OCH3 is 2. The molecule has 0 N–H and O–H groups in total. The van der Waals surface area contributed by atoms with E-state index in [1.807, 2.05) is 6.92 Å². The van der Waals surface area contributed by atoms with Gasteiger partial charge in [0.2, 0.25) is 0 Å². The van der Waals surface area contributed by atoms with E-state index in [0.29, 0.717) is 22.8 Å². The quantitative estimate of drug-likeness (QED) is 0.345. The van der Waals surface area contributed by atoms with Crippen LogP contribution < -0.4 is 9.47 Å². The Bertz CT molecular complexity index is 1030. The molecule has 0 radical (unpaired) electrons. The van der Waals surface area contributed by atoms with E-state index in [9.17, 15) is 4.79 Å². The summed E-state index contributed by atoms with van der Waals surface area (Å²) in [7, 11) is 3.15. The second-order valence-electron chi connectivity index (χ2n) is 6.40. The summed E-state index contributed by atoms with van der Waals surface area (Å²) in [5, 5.41) is 2.08. The molecule has 5 nitrogen and oxygen atoms in total. The van der Waals surface area contributed by atoms with Crippen molar-refractivity contribution >= 4 is 39.1 Å². The number of aromatic nitrogens is 2. The Balaban J connectivity index is 1.59. The van der Waals surface area contributed by atoms with Gasteiger partial charge in [0, 0.05) is 15.8 Å². The van der Waals surface area contributed by atoms with Gasteiger partial charge in [-0.15, -0.1) is 11.3 Å². The van der Waals surface area contributed by atoms with Gasteiger partial charge in [-0.05, 0) is 49.9 Å². The average molecular weight is 401 g/mol. The first-order valence-electron chi connectivity index (χ1n) is 8.77. The maximum absolute atomic E-state index is 12.7. The van der Waals surface area contributed by atoms with Gasteiger partial charge in [-0.2, -0.15) is 0 Å². The summed E-state index contributed by atoms with van der Waals surface area (Å²) in [5.41, 5.74) is 1.99. The van der Waals surface area contributed by atoms with E-state index in [2.05, 4.69) is 9.97 Å². The van der Waals surface area contributed by atoms with E-state index in [1.165, 1.54) is 28.6 Å². The highest BCUT2D eigenvalue weighted by atomic mass is 32.2. The van der Waals surface area contributed by atoms with Crippen molar-refractivity contribution in [3.63, 3.8) is 0 Å². The van der Waals surface area contributed by atoms with E-state index in [-0.39, 0.29) is 5.78 Å². The monoisotopic (exact) mass is 400 g/mol. The zero-order chi connectivity index (χ0) is 19.0. The van der Waals surface area contributed by atoms with Gasteiger partial charge in [-0.1, -0.05) is 11.8 Å². The lowest BCUT2D eigenvalue weighted by Gasteiger charge is -2.09. The fourth-order valence-electron chi connectivity index (χ4n) is 3.40. The van der Waals surface area contributed by atoms with Crippen molar-refractivity contribution in [1.29, 1.82) is 0 Å². The fraction of sp³-hybridized carbons (Fsp3) is 0.350. The number of Topliss-reactive ketones (excluding diaryl/α,β-unsaturated/α-hetero) is 1. The molecule has 7 heteroatoms. The van der Waals surface area contributed by atoms with Crippen molar-refractivity contribution in [2.24, 2.45) is 0 Å². The van der Waals surface area contributed by atoms with Crippen LogP contribution >= 0.6 is 23.1 Å². The summed E-state index contributed by atoms with van der Waals surface area (Å²) in [4.78, 5) is 24.4. The highest BCUT2D eigenvalue weighted by Gasteiger charge is 2.22. The molecule has 0 atom stereocenters. The maximum atomic E-state index is 12.7. The minimum Gasteiger partial charge on any atom is -0.493 e. The topological polar surface area (TPSA) is 61.3 Å². The minimum atomic E-state index is 0.0391. The van der Waals surface area contributed by atoms with E-state index >= 15 is 0 Å². The Morgan fingerprint density at radius 2 is 2.00 bits per heavy atom. The van der Waals surface area contributed by atoms with Crippen molar-refractivity contribution < 1.29 is 14.3 Å². The predicted molar refractivity (Wildman–Crippen MR) is 109 cm³/mol. The van der Waals surface area contributed by atoms with E-state index in [1.54, 1.807) is 43.8 Å². The van der Waals surface area contributed by atoms with Crippen LogP contribution in [0.25, 0.3) is 10.2 Å². The molecule has 0 fully saturated rings. The molecule has 2 heterocycles. The number of rotatable bonds is 6. The summed E-state index contributed by atoms with van der Waals surface area (Å²) in [5.74, 6) is 2.29. The molecule has 0 spiro atoms. The van der Waals surface area contributed by atoms with Crippen molar-refractivity contribution in [2.45, 2.75) is 31.2 Å². The Labute approximate surface area is 166 Å². The molecule has 3 aromatic rings. The zero-order valence-corrected chi connectivity index (χ0v) is 17.1. The molecule has 1 aliphatic rings. The number of fused-ring (bicyclic) bond motifs is 3. The standard InChI is InChI=1S/C20H20N2O3S2/c1-11-21-19(18-13-5-4-6-17(13)27-20(18)22-11)26-10-14(23)12-7-8-15(24-2)16(9-12)25-3/h7-9H,4-6,10H2,1-3H3. The van der Waals surface area contributed by atoms with Gasteiger partial charge in [0.1, 0.15) is 15.7 Å². The van der Waals surface area contributed by atoms with Gasteiger partial charge in [0.15, 0.2) is 17.3 Å². The van der Waals surface area contributed by atoms with Crippen molar-refractivity contribution in [3.8, 4) is 11.5 Å². The molecule has 0 bridgehead atoms. The van der Waals surface area contributed by atoms with Crippen molar-refractivity contribution in [1.82, 2.24) is 9.97 Å². The molecule has 4 rings (SSSR count). The number of ether oxygens (including phenoxy) is 2. The van der Waals surface area contributed by atoms with E-state index in [4.69, 9.17) is 9.47 Å². The summed E-state index contributed by atoms with van der Waals surface area (Å²) in [6.45, 7) is 1.91. The van der Waals surface area contributed by atoms with Crippen LogP contribution in [-0.4, -0.2) is 35.7 Å². The molecule has 0 aliphatic heterocycles. The van der Waals surface area contributed by atoms with Gasteiger partial charge in [0.05, 0.1) is 20.0 Å². The zero-order valence-electron chi connectivity index (χ0n) is 15.5. The van der Waals surface area contributed by atoms with Gasteiger partial charge >= 0.3 is 0 Å². The summed E-state index contributed by atoms with van der Waals surface area (Å²) in [6, 6.07) is 5.26. The van der Waals surface area contributed by atoms with E-state index in [0.717, 1.165) is 33.9 Å². The highest BCUT2D eigenvalue weighted by Crippen LogP contribution is 2.40. The smallest absolute Gasteiger partial charge is 0.173 e. The molecule has 27 heavy (non-hydrogen) atoms. The molecule has 0 amide bonds. The molecule has 140 valence electrons. The molecule has 1 aliphatic carbocycles. The number of hydrogen-bond donors (Lipinski definition) is 0. The third-order valence-electron chi connectivity index (χ3n) is 4.69. The lowest BCUT2D eigenvalue weighted by molar-refractivity contribution is 0.102. The van der Waals surface area contributed by atoms with E-state index < -0.39 is 0 Å². The van der Waals surface area contributed by atoms with Gasteiger partial charge in [-0.3, -0.25) is 4.79 Å². The first-order chi connectivity index (χ1) is 13.1. The number of thiophene rings is 1. The number of ketones is 1. The Morgan fingerprint density at radius 3 is 2.78 bits per heavy atom. The normalized spacial score (nSPS) is 13.0. The summed E-state index contributed by atoms with van der Waals surface area (Å²) >= 11 is 3.27. The molecular weight excluding hydrogens is 380 g/mol. The first-order valence-corrected chi connectivity index (χ1v) is 10.6. The van der Waals surface area contributed by atoms with Crippen LogP contribution in [0, 0.1) is 6.92 Å². The van der Waals surface area contributed by atoms with Crippen LogP contribution in [0.1, 0.15) is 33.0 Å². The maximum Gasteiger partial charge on any atom is 0.173 e. The Kier molecular flexibility index (Phi) is 5.06. The summed E-state index contributed by atoms with van der Waals surface area (Å²) < 4.78 is 10.5. The Hall–Kier alpha value is -2.12. The highest BCUT2D eigenvalue weighted by molar-refractivity contribution is 8.00. The molecular formula is C20H20N2O3S2. The largest absolute Gasteiger partial charge is 0.493 e. The number of aryl methyl sites for hydroxylation is 3. The van der Waals surface area contributed by atoms with Gasteiger partial charge in [0.25, 0.3) is 0 Å². The minimum absolute atomic E-state index is 0.0391. The van der Waals surface area contributed by atoms with Crippen LogP contribution in [0.2, 0.25) is 0 Å². The molecule has 0 unspecified atom stereocenters. The number of thioether (sulfide) groups is 1. The summed E-state index contributed by atoms with van der Waals surface area (Å²) in [6.07, 6.45) is 3.41. The third kappa shape index (κ3) is 3.41. The van der Waals surface area contributed by atoms with Crippen LogP contribution in [-0.2, 0) is 12.8 Å². The van der Waals surface area contributed by atoms with Crippen LogP contribution in [0.4, 0.5) is 0 Å². The molecule has 0 saturated carbocycles. The average Bonchev–Trinajstić information content (AvgIpc) is 3.25. The lowest BCUT2D eigenvalue weighted by atomic mass is 10.1. The predicted octanol–water partition coefficient (Wildman–Crippen LogP) is 4.48. The van der Waals surface area contributed by atoms with Gasteiger partial charge < -0.3 is 9.47 Å². The second-order valence-corrected chi connectivity index (χ2v) is 8.44. The Morgan fingerprint density at radius 1 is 1.19 bits per heavy atom. The number of carbonyl (C=O) groups excluding carboxylic acids is 1. The number of nitrogens with zero attached hydrogens (tertiary/aromatic N) is 2. The number of carbonyl (C=O) groups is 1.